The van der Waals surface area contributed by atoms with Crippen LogP contribution in [0.25, 0.3) is 5.69 Å². The lowest BCUT2D eigenvalue weighted by atomic mass is 9.49. The van der Waals surface area contributed by atoms with Crippen molar-refractivity contribution in [3.63, 3.8) is 0 Å². The molecule has 2 unspecified atom stereocenters. The molecule has 29 heavy (non-hydrogen) atoms. The maximum absolute atomic E-state index is 13.4. The van der Waals surface area contributed by atoms with Crippen molar-refractivity contribution in [3.05, 3.63) is 47.3 Å². The van der Waals surface area contributed by atoms with Crippen LogP contribution in [0.4, 0.5) is 0 Å². The Morgan fingerprint density at radius 1 is 1.14 bits per heavy atom. The first-order valence-electron chi connectivity index (χ1n) is 11.2. The van der Waals surface area contributed by atoms with Crippen LogP contribution in [0, 0.1) is 17.3 Å². The van der Waals surface area contributed by atoms with E-state index in [1.165, 1.54) is 36.9 Å². The molecule has 5 aliphatic rings. The minimum Gasteiger partial charge on any atom is -0.350 e. The number of halogens is 1. The second kappa shape index (κ2) is 6.44. The van der Waals surface area contributed by atoms with E-state index in [2.05, 4.69) is 50.2 Å². The number of hydrogen-bond acceptors (Lipinski definition) is 2. The molecule has 5 aliphatic carbocycles. The summed E-state index contributed by atoms with van der Waals surface area (Å²) in [5, 5.41) is 8.26. The van der Waals surface area contributed by atoms with Gasteiger partial charge >= 0.3 is 0 Å². The van der Waals surface area contributed by atoms with Gasteiger partial charge in [0.2, 0.25) is 5.91 Å². The maximum atomic E-state index is 13.4. The van der Waals surface area contributed by atoms with Gasteiger partial charge in [0.15, 0.2) is 0 Å². The number of fused-ring (bicyclic) bond motifs is 1. The molecule has 1 N–H and O–H groups in total. The van der Waals surface area contributed by atoms with Crippen molar-refractivity contribution in [2.24, 2.45) is 17.3 Å². The molecule has 2 aromatic rings. The van der Waals surface area contributed by atoms with Gasteiger partial charge in [-0.05, 0) is 87.3 Å². The van der Waals surface area contributed by atoms with E-state index < -0.39 is 0 Å². The number of nitrogens with one attached hydrogen (secondary N) is 1. The van der Waals surface area contributed by atoms with Crippen LogP contribution in [-0.4, -0.2) is 20.0 Å². The topological polar surface area (TPSA) is 46.9 Å². The average molecular weight is 454 g/mol. The largest absolute Gasteiger partial charge is 0.350 e. The zero-order valence-electron chi connectivity index (χ0n) is 16.8. The third-order valence-corrected chi connectivity index (χ3v) is 8.83. The average Bonchev–Trinajstić information content (AvgIpc) is 3.28. The van der Waals surface area contributed by atoms with Gasteiger partial charge in [0.25, 0.3) is 0 Å². The van der Waals surface area contributed by atoms with E-state index in [0.29, 0.717) is 6.54 Å². The van der Waals surface area contributed by atoms with Crippen LogP contribution in [0.3, 0.4) is 0 Å². The van der Waals surface area contributed by atoms with Gasteiger partial charge in [-0.3, -0.25) is 4.79 Å². The molecule has 4 saturated carbocycles. The highest BCUT2D eigenvalue weighted by Crippen LogP contribution is 2.64. The van der Waals surface area contributed by atoms with E-state index in [1.807, 2.05) is 6.07 Å². The molecule has 4 fully saturated rings. The smallest absolute Gasteiger partial charge is 0.226 e. The molecular weight excluding hydrogens is 426 g/mol. The summed E-state index contributed by atoms with van der Waals surface area (Å²) in [5.41, 5.74) is 4.71. The molecule has 0 saturated heterocycles. The number of alkyl halides is 1. The van der Waals surface area contributed by atoms with E-state index in [4.69, 9.17) is 5.10 Å². The highest BCUT2D eigenvalue weighted by molar-refractivity contribution is 9.10. The number of rotatable bonds is 4. The minimum atomic E-state index is -0.154. The van der Waals surface area contributed by atoms with Crippen molar-refractivity contribution in [1.82, 2.24) is 15.1 Å². The highest BCUT2D eigenvalue weighted by Gasteiger charge is 2.59. The molecule has 0 aliphatic heterocycles. The van der Waals surface area contributed by atoms with E-state index >= 15 is 0 Å². The Labute approximate surface area is 180 Å². The van der Waals surface area contributed by atoms with E-state index in [9.17, 15) is 4.79 Å². The fourth-order valence-corrected chi connectivity index (χ4v) is 8.66. The molecule has 1 aromatic heterocycles. The van der Waals surface area contributed by atoms with Crippen LogP contribution in [-0.2, 0) is 24.2 Å². The van der Waals surface area contributed by atoms with E-state index in [1.54, 1.807) is 0 Å². The Morgan fingerprint density at radius 2 is 1.90 bits per heavy atom. The SMILES string of the molecule is O=C(NCc1nn(-c2ccccc2)c2c1CCC2)C12CC3CC(CC(Br)(C3)C1)C2. The van der Waals surface area contributed by atoms with Gasteiger partial charge in [-0.1, -0.05) is 34.1 Å². The number of para-hydroxylation sites is 1. The zero-order chi connectivity index (χ0) is 19.6. The van der Waals surface area contributed by atoms with Crippen molar-refractivity contribution < 1.29 is 4.79 Å². The summed E-state index contributed by atoms with van der Waals surface area (Å²) >= 11 is 4.03. The lowest BCUT2D eigenvalue weighted by Gasteiger charge is -2.59. The maximum Gasteiger partial charge on any atom is 0.226 e. The van der Waals surface area contributed by atoms with Gasteiger partial charge in [0.05, 0.1) is 23.3 Å². The van der Waals surface area contributed by atoms with Crippen LogP contribution < -0.4 is 5.32 Å². The molecule has 5 heteroatoms. The first-order chi connectivity index (χ1) is 14.0. The third kappa shape index (κ3) is 2.91. The molecule has 4 nitrogen and oxygen atoms in total. The van der Waals surface area contributed by atoms with Crippen LogP contribution in [0.15, 0.2) is 30.3 Å². The van der Waals surface area contributed by atoms with Crippen LogP contribution in [0.2, 0.25) is 0 Å². The zero-order valence-corrected chi connectivity index (χ0v) is 18.4. The van der Waals surface area contributed by atoms with Gasteiger partial charge in [0.1, 0.15) is 0 Å². The molecule has 2 atom stereocenters. The summed E-state index contributed by atoms with van der Waals surface area (Å²) in [6.45, 7) is 0.563. The third-order valence-electron chi connectivity index (χ3n) is 7.90. The number of carbonyl (C=O) groups excluding carboxylic acids is 1. The fourth-order valence-electron chi connectivity index (χ4n) is 7.21. The first kappa shape index (κ1) is 18.2. The van der Waals surface area contributed by atoms with Crippen LogP contribution in [0.1, 0.15) is 61.9 Å². The second-order valence-corrected chi connectivity index (χ2v) is 11.7. The van der Waals surface area contributed by atoms with E-state index in [-0.39, 0.29) is 15.6 Å². The van der Waals surface area contributed by atoms with Gasteiger partial charge in [0, 0.05) is 10.0 Å². The van der Waals surface area contributed by atoms with Gasteiger partial charge < -0.3 is 5.32 Å². The molecule has 0 radical (unpaired) electrons. The normalized spacial score (nSPS) is 34.4. The Hall–Kier alpha value is -1.62. The van der Waals surface area contributed by atoms with E-state index in [0.717, 1.165) is 55.3 Å². The number of nitrogens with zero attached hydrogens (tertiary/aromatic N) is 2. The lowest BCUT2D eigenvalue weighted by molar-refractivity contribution is -0.144. The Bertz CT molecular complexity index is 952. The minimum absolute atomic E-state index is 0.154. The molecule has 1 heterocycles. The molecule has 1 amide bonds. The van der Waals surface area contributed by atoms with Crippen molar-refractivity contribution in [2.75, 3.05) is 0 Å². The molecular formula is C24H28BrN3O. The van der Waals surface area contributed by atoms with Gasteiger partial charge in [-0.25, -0.2) is 4.68 Å². The Morgan fingerprint density at radius 3 is 2.62 bits per heavy atom. The van der Waals surface area contributed by atoms with Gasteiger partial charge in [-0.2, -0.15) is 5.10 Å². The molecule has 7 rings (SSSR count). The van der Waals surface area contributed by atoms with Crippen molar-refractivity contribution in [1.29, 1.82) is 0 Å². The Kier molecular flexibility index (Phi) is 4.03. The summed E-state index contributed by atoms with van der Waals surface area (Å²) in [7, 11) is 0. The van der Waals surface area contributed by atoms with Crippen LogP contribution in [0.5, 0.6) is 0 Å². The monoisotopic (exact) mass is 453 g/mol. The summed E-state index contributed by atoms with van der Waals surface area (Å²) < 4.78 is 2.31. The van der Waals surface area contributed by atoms with Crippen molar-refractivity contribution in [2.45, 2.75) is 68.7 Å². The molecule has 0 spiro atoms. The summed E-state index contributed by atoms with van der Waals surface area (Å²) in [6, 6.07) is 10.4. The predicted molar refractivity (Wildman–Crippen MR) is 116 cm³/mol. The number of amides is 1. The highest BCUT2D eigenvalue weighted by atomic mass is 79.9. The number of carbonyl (C=O) groups is 1. The molecule has 1 aromatic carbocycles. The second-order valence-electron chi connectivity index (χ2n) is 10.0. The summed E-state index contributed by atoms with van der Waals surface area (Å²) in [6.07, 6.45) is 10.4. The molecule has 4 bridgehead atoms. The van der Waals surface area contributed by atoms with Crippen molar-refractivity contribution >= 4 is 21.8 Å². The molecule has 152 valence electrons. The summed E-state index contributed by atoms with van der Waals surface area (Å²) in [5.74, 6) is 1.72. The Balaban J connectivity index is 1.24. The number of hydrogen-bond donors (Lipinski definition) is 1. The number of aromatic nitrogens is 2. The predicted octanol–water partition coefficient (Wildman–Crippen LogP) is 4.71. The van der Waals surface area contributed by atoms with Crippen LogP contribution >= 0.6 is 15.9 Å². The first-order valence-corrected chi connectivity index (χ1v) is 12.0. The standard InChI is InChI=1S/C24H28BrN3O/c25-24-12-16-9-17(13-24)11-23(10-16,15-24)22(29)26-14-20-19-7-4-8-21(19)28(27-20)18-5-2-1-3-6-18/h1-3,5-6,16-17H,4,7-15H2,(H,26,29). The summed E-state index contributed by atoms with van der Waals surface area (Å²) in [4.78, 5) is 13.4. The fraction of sp³-hybridized carbons (Fsp3) is 0.583. The quantitative estimate of drug-likeness (QED) is 0.681. The lowest BCUT2D eigenvalue weighted by Crippen LogP contribution is -2.58. The van der Waals surface area contributed by atoms with Crippen molar-refractivity contribution in [3.8, 4) is 5.69 Å². The van der Waals surface area contributed by atoms with Gasteiger partial charge in [-0.15, -0.1) is 0 Å². The number of benzene rings is 1.